The molecule has 0 aliphatic rings. The van der Waals surface area contributed by atoms with Gasteiger partial charge in [0.15, 0.2) is 0 Å². The van der Waals surface area contributed by atoms with Crippen LogP contribution in [0.15, 0.2) is 73.1 Å². The lowest BCUT2D eigenvalue weighted by molar-refractivity contribution is 0.338. The Bertz CT molecular complexity index is 899. The molecule has 1 aromatic heterocycles. The molecule has 0 bridgehead atoms. The maximum Gasteiger partial charge on any atom is 0.112 e. The molecular formula is C31H44N2. The number of aryl methyl sites for hydroxylation is 1. The number of hydrogen-bond donors (Lipinski definition) is 0. The van der Waals surface area contributed by atoms with Crippen molar-refractivity contribution < 1.29 is 0 Å². The molecule has 1 heterocycles. The monoisotopic (exact) mass is 444 g/mol. The van der Waals surface area contributed by atoms with E-state index in [4.69, 9.17) is 4.98 Å². The first kappa shape index (κ1) is 25.3. The number of unbranched alkanes of at least 4 members (excludes halogenated alkanes) is 7. The van der Waals surface area contributed by atoms with Crippen molar-refractivity contribution >= 4 is 0 Å². The van der Waals surface area contributed by atoms with E-state index in [0.717, 1.165) is 19.4 Å². The second-order valence-electron chi connectivity index (χ2n) is 9.86. The van der Waals surface area contributed by atoms with Gasteiger partial charge >= 0.3 is 0 Å². The summed E-state index contributed by atoms with van der Waals surface area (Å²) in [7, 11) is 0. The van der Waals surface area contributed by atoms with Crippen molar-refractivity contribution in [2.75, 3.05) is 0 Å². The van der Waals surface area contributed by atoms with Gasteiger partial charge in [0.05, 0.1) is 0 Å². The van der Waals surface area contributed by atoms with Crippen molar-refractivity contribution in [1.29, 1.82) is 0 Å². The summed E-state index contributed by atoms with van der Waals surface area (Å²) >= 11 is 0. The minimum Gasteiger partial charge on any atom is -0.335 e. The molecule has 0 amide bonds. The highest BCUT2D eigenvalue weighted by Gasteiger charge is 2.38. The highest BCUT2D eigenvalue weighted by Crippen LogP contribution is 2.43. The molecule has 0 saturated heterocycles. The SMILES string of the molecule is CCCCCCCCCCn1ccnc1C(CC)C(C)(Cc1ccccc1)c1ccccc1. The molecule has 2 unspecified atom stereocenters. The van der Waals surface area contributed by atoms with E-state index in [9.17, 15) is 0 Å². The first-order valence-electron chi connectivity index (χ1n) is 13.3. The molecule has 0 aliphatic heterocycles. The fourth-order valence-corrected chi connectivity index (χ4v) is 5.42. The van der Waals surface area contributed by atoms with E-state index in [-0.39, 0.29) is 5.41 Å². The molecule has 0 radical (unpaired) electrons. The predicted molar refractivity (Wildman–Crippen MR) is 142 cm³/mol. The van der Waals surface area contributed by atoms with Crippen LogP contribution < -0.4 is 0 Å². The maximum absolute atomic E-state index is 4.93. The highest BCUT2D eigenvalue weighted by atomic mass is 15.1. The van der Waals surface area contributed by atoms with Gasteiger partial charge in [-0.2, -0.15) is 0 Å². The number of rotatable bonds is 15. The van der Waals surface area contributed by atoms with Gasteiger partial charge in [-0.25, -0.2) is 4.98 Å². The summed E-state index contributed by atoms with van der Waals surface area (Å²) in [5.74, 6) is 1.62. The minimum absolute atomic E-state index is 0.0141. The third-order valence-corrected chi connectivity index (χ3v) is 7.34. The van der Waals surface area contributed by atoms with Gasteiger partial charge in [0, 0.05) is 30.3 Å². The largest absolute Gasteiger partial charge is 0.335 e. The van der Waals surface area contributed by atoms with Crippen molar-refractivity contribution in [2.45, 2.75) is 103 Å². The smallest absolute Gasteiger partial charge is 0.112 e. The molecule has 0 spiro atoms. The van der Waals surface area contributed by atoms with E-state index < -0.39 is 0 Å². The lowest BCUT2D eigenvalue weighted by Crippen LogP contribution is -2.34. The molecule has 2 atom stereocenters. The van der Waals surface area contributed by atoms with E-state index in [2.05, 4.69) is 92.2 Å². The van der Waals surface area contributed by atoms with Gasteiger partial charge in [-0.1, -0.05) is 126 Å². The highest BCUT2D eigenvalue weighted by molar-refractivity contribution is 5.33. The van der Waals surface area contributed by atoms with Crippen LogP contribution in [0.4, 0.5) is 0 Å². The van der Waals surface area contributed by atoms with Crippen LogP contribution >= 0.6 is 0 Å². The summed E-state index contributed by atoms with van der Waals surface area (Å²) in [5, 5.41) is 0. The fraction of sp³-hybridized carbons (Fsp3) is 0.516. The van der Waals surface area contributed by atoms with Crippen LogP contribution in [0, 0.1) is 0 Å². The van der Waals surface area contributed by atoms with Gasteiger partial charge in [0.2, 0.25) is 0 Å². The maximum atomic E-state index is 4.93. The summed E-state index contributed by atoms with van der Waals surface area (Å²) in [6, 6.07) is 22.0. The lowest BCUT2D eigenvalue weighted by Gasteiger charge is -2.38. The molecular weight excluding hydrogens is 400 g/mol. The van der Waals surface area contributed by atoms with E-state index in [1.807, 2.05) is 6.20 Å². The Morgan fingerprint density at radius 2 is 1.39 bits per heavy atom. The Labute approximate surface area is 202 Å². The van der Waals surface area contributed by atoms with Crippen LogP contribution in [-0.4, -0.2) is 9.55 Å². The Morgan fingerprint density at radius 1 is 0.788 bits per heavy atom. The third kappa shape index (κ3) is 7.06. The van der Waals surface area contributed by atoms with E-state index in [0.29, 0.717) is 5.92 Å². The molecule has 0 N–H and O–H groups in total. The summed E-state index contributed by atoms with van der Waals surface area (Å²) in [4.78, 5) is 4.93. The summed E-state index contributed by atoms with van der Waals surface area (Å²) in [5.41, 5.74) is 2.78. The molecule has 178 valence electrons. The van der Waals surface area contributed by atoms with Crippen LogP contribution in [0.3, 0.4) is 0 Å². The molecule has 2 aromatic carbocycles. The zero-order valence-electron chi connectivity index (χ0n) is 21.2. The Kier molecular flexibility index (Phi) is 10.2. The second-order valence-corrected chi connectivity index (χ2v) is 9.86. The average molecular weight is 445 g/mol. The molecule has 0 fully saturated rings. The fourth-order valence-electron chi connectivity index (χ4n) is 5.42. The van der Waals surface area contributed by atoms with Crippen LogP contribution in [-0.2, 0) is 18.4 Å². The van der Waals surface area contributed by atoms with Crippen LogP contribution in [0.2, 0.25) is 0 Å². The van der Waals surface area contributed by atoms with Crippen molar-refractivity contribution in [3.05, 3.63) is 90.0 Å². The zero-order valence-corrected chi connectivity index (χ0v) is 21.2. The van der Waals surface area contributed by atoms with Crippen molar-refractivity contribution in [3.63, 3.8) is 0 Å². The Hall–Kier alpha value is -2.35. The zero-order chi connectivity index (χ0) is 23.4. The Balaban J connectivity index is 1.73. The number of imidazole rings is 1. The van der Waals surface area contributed by atoms with Crippen molar-refractivity contribution in [1.82, 2.24) is 9.55 Å². The normalized spacial score (nSPS) is 14.2. The molecule has 3 aromatic rings. The summed E-state index contributed by atoms with van der Waals surface area (Å²) in [6.45, 7) is 8.14. The van der Waals surface area contributed by atoms with Gasteiger partial charge in [-0.15, -0.1) is 0 Å². The average Bonchev–Trinajstić information content (AvgIpc) is 3.30. The van der Waals surface area contributed by atoms with E-state index in [1.54, 1.807) is 0 Å². The van der Waals surface area contributed by atoms with Crippen LogP contribution in [0.25, 0.3) is 0 Å². The quantitative estimate of drug-likeness (QED) is 0.214. The van der Waals surface area contributed by atoms with Gasteiger partial charge < -0.3 is 4.57 Å². The predicted octanol–water partition coefficient (Wildman–Crippen LogP) is 8.72. The standard InChI is InChI=1S/C31H44N2/c1-4-6-7-8-9-10-11-18-24-33-25-23-32-30(33)29(5-2)31(3,28-21-16-13-17-22-28)26-27-19-14-12-15-20-27/h12-17,19-23,25,29H,4-11,18,24,26H2,1-3H3. The van der Waals surface area contributed by atoms with Crippen molar-refractivity contribution in [2.24, 2.45) is 0 Å². The number of aromatic nitrogens is 2. The number of hydrogen-bond acceptors (Lipinski definition) is 1. The minimum atomic E-state index is -0.0141. The second kappa shape index (κ2) is 13.4. The molecule has 33 heavy (non-hydrogen) atoms. The summed E-state index contributed by atoms with van der Waals surface area (Å²) in [6.07, 6.45) is 17.1. The van der Waals surface area contributed by atoms with Crippen LogP contribution in [0.1, 0.15) is 101 Å². The van der Waals surface area contributed by atoms with Gasteiger partial charge in [-0.05, 0) is 30.4 Å². The molecule has 0 saturated carbocycles. The van der Waals surface area contributed by atoms with Crippen LogP contribution in [0.5, 0.6) is 0 Å². The first-order valence-corrected chi connectivity index (χ1v) is 13.3. The third-order valence-electron chi connectivity index (χ3n) is 7.34. The van der Waals surface area contributed by atoms with Crippen molar-refractivity contribution in [3.8, 4) is 0 Å². The lowest BCUT2D eigenvalue weighted by atomic mass is 9.66. The van der Waals surface area contributed by atoms with E-state index >= 15 is 0 Å². The van der Waals surface area contributed by atoms with Gasteiger partial charge in [0.25, 0.3) is 0 Å². The van der Waals surface area contributed by atoms with Gasteiger partial charge in [0.1, 0.15) is 5.82 Å². The number of benzene rings is 2. The molecule has 0 aliphatic carbocycles. The molecule has 2 heteroatoms. The first-order chi connectivity index (χ1) is 16.2. The summed E-state index contributed by atoms with van der Waals surface area (Å²) < 4.78 is 2.44. The topological polar surface area (TPSA) is 17.8 Å². The van der Waals surface area contributed by atoms with Gasteiger partial charge in [-0.3, -0.25) is 0 Å². The number of nitrogens with zero attached hydrogens (tertiary/aromatic N) is 2. The Morgan fingerprint density at radius 3 is 2.03 bits per heavy atom. The van der Waals surface area contributed by atoms with E-state index in [1.165, 1.54) is 68.3 Å². The molecule has 2 nitrogen and oxygen atoms in total. The molecule has 3 rings (SSSR count).